The van der Waals surface area contributed by atoms with Gasteiger partial charge in [-0.3, -0.25) is 9.59 Å². The van der Waals surface area contributed by atoms with Crippen LogP contribution >= 0.6 is 0 Å². The molecule has 0 spiro atoms. The van der Waals surface area contributed by atoms with E-state index in [2.05, 4.69) is 5.32 Å². The fourth-order valence-corrected chi connectivity index (χ4v) is 4.54. The molecule has 4 rings (SSSR count). The number of nitrogens with zero attached hydrogens (tertiary/aromatic N) is 1. The predicted molar refractivity (Wildman–Crippen MR) is 120 cm³/mol. The molecule has 0 aromatic heterocycles. The van der Waals surface area contributed by atoms with Gasteiger partial charge >= 0.3 is 0 Å². The molecule has 0 bridgehead atoms. The molecule has 0 unspecified atom stereocenters. The maximum atomic E-state index is 13.2. The average molecular weight is 423 g/mol. The number of carbonyl (C=O) groups is 2. The van der Waals surface area contributed by atoms with Gasteiger partial charge in [0.2, 0.25) is 0 Å². The summed E-state index contributed by atoms with van der Waals surface area (Å²) in [6, 6.07) is 13.0. The van der Waals surface area contributed by atoms with Gasteiger partial charge in [0.25, 0.3) is 11.8 Å². The van der Waals surface area contributed by atoms with Crippen LogP contribution in [0.2, 0.25) is 0 Å². The number of rotatable bonds is 5. The molecular weight excluding hydrogens is 392 g/mol. The average Bonchev–Trinajstić information content (AvgIpc) is 2.95. The van der Waals surface area contributed by atoms with E-state index in [0.717, 1.165) is 31.2 Å². The van der Waals surface area contributed by atoms with E-state index in [4.69, 9.17) is 9.47 Å². The molecule has 31 heavy (non-hydrogen) atoms. The summed E-state index contributed by atoms with van der Waals surface area (Å²) in [5.41, 5.74) is 2.07. The summed E-state index contributed by atoms with van der Waals surface area (Å²) in [6.07, 6.45) is 5.82. The molecule has 6 nitrogen and oxygen atoms in total. The van der Waals surface area contributed by atoms with Crippen LogP contribution in [0.5, 0.6) is 11.5 Å². The van der Waals surface area contributed by atoms with Gasteiger partial charge in [-0.2, -0.15) is 0 Å². The van der Waals surface area contributed by atoms with Crippen molar-refractivity contribution in [1.29, 1.82) is 0 Å². The van der Waals surface area contributed by atoms with Crippen molar-refractivity contribution in [2.24, 2.45) is 0 Å². The lowest BCUT2D eigenvalue weighted by Gasteiger charge is -2.34. The highest BCUT2D eigenvalue weighted by molar-refractivity contribution is 6.06. The summed E-state index contributed by atoms with van der Waals surface area (Å²) in [5, 5.41) is 2.96. The summed E-state index contributed by atoms with van der Waals surface area (Å²) in [5.74, 6) is 1.08. The van der Waals surface area contributed by atoms with Gasteiger partial charge in [0.1, 0.15) is 11.5 Å². The molecule has 2 aromatic carbocycles. The first-order valence-corrected chi connectivity index (χ1v) is 11.1. The molecule has 1 heterocycles. The van der Waals surface area contributed by atoms with Crippen LogP contribution in [0.15, 0.2) is 42.5 Å². The van der Waals surface area contributed by atoms with Crippen LogP contribution < -0.4 is 14.8 Å². The second kappa shape index (κ2) is 9.41. The Balaban J connectivity index is 1.59. The predicted octanol–water partition coefficient (Wildman–Crippen LogP) is 4.78. The minimum absolute atomic E-state index is 0.0743. The van der Waals surface area contributed by atoms with Crippen molar-refractivity contribution in [3.05, 3.63) is 53.6 Å². The van der Waals surface area contributed by atoms with E-state index in [0.29, 0.717) is 35.7 Å². The van der Waals surface area contributed by atoms with Crippen molar-refractivity contribution in [2.45, 2.75) is 64.1 Å². The summed E-state index contributed by atoms with van der Waals surface area (Å²) < 4.78 is 11.4. The van der Waals surface area contributed by atoms with E-state index in [9.17, 15) is 9.59 Å². The van der Waals surface area contributed by atoms with Crippen LogP contribution in [0.3, 0.4) is 0 Å². The Bertz CT molecular complexity index is 952. The van der Waals surface area contributed by atoms with Crippen molar-refractivity contribution >= 4 is 17.5 Å². The van der Waals surface area contributed by atoms with Crippen LogP contribution in [0.1, 0.15) is 61.4 Å². The number of ether oxygens (including phenoxy) is 2. The largest absolute Gasteiger partial charge is 0.496 e. The smallest absolute Gasteiger partial charge is 0.264 e. The van der Waals surface area contributed by atoms with Gasteiger partial charge in [0.15, 0.2) is 6.10 Å². The monoisotopic (exact) mass is 422 g/mol. The molecule has 164 valence electrons. The Labute approximate surface area is 183 Å². The number of amides is 2. The number of anilines is 1. The Hall–Kier alpha value is -3.02. The summed E-state index contributed by atoms with van der Waals surface area (Å²) in [4.78, 5) is 28.0. The summed E-state index contributed by atoms with van der Waals surface area (Å²) >= 11 is 0. The molecule has 2 amide bonds. The van der Waals surface area contributed by atoms with E-state index in [1.165, 1.54) is 6.42 Å². The molecule has 1 N–H and O–H groups in total. The van der Waals surface area contributed by atoms with E-state index in [1.807, 2.05) is 36.1 Å². The minimum Gasteiger partial charge on any atom is -0.496 e. The Morgan fingerprint density at radius 1 is 1.16 bits per heavy atom. The maximum Gasteiger partial charge on any atom is 0.264 e. The Kier molecular flexibility index (Phi) is 6.44. The van der Waals surface area contributed by atoms with Crippen LogP contribution in [-0.4, -0.2) is 36.0 Å². The highest BCUT2D eigenvalue weighted by Crippen LogP contribution is 2.33. The number of nitrogens with one attached hydrogen (secondary N) is 1. The lowest BCUT2D eigenvalue weighted by molar-refractivity contribution is -0.141. The summed E-state index contributed by atoms with van der Waals surface area (Å²) in [6.45, 7) is 2.49. The van der Waals surface area contributed by atoms with E-state index in [-0.39, 0.29) is 17.9 Å². The number of hydrogen-bond acceptors (Lipinski definition) is 4. The van der Waals surface area contributed by atoms with Gasteiger partial charge in [0.05, 0.1) is 12.7 Å². The first-order valence-electron chi connectivity index (χ1n) is 11.1. The molecule has 1 saturated carbocycles. The molecule has 2 aliphatic rings. The SMILES string of the molecule is CC[C@H]1Oc2ccc(NC(=O)c3ccccc3OC)cc2CN(C2CCCCC2)C1=O. The second-order valence-electron chi connectivity index (χ2n) is 8.25. The van der Waals surface area contributed by atoms with Crippen molar-refractivity contribution < 1.29 is 19.1 Å². The molecule has 2 aromatic rings. The maximum absolute atomic E-state index is 13.2. The molecule has 0 saturated heterocycles. The Morgan fingerprint density at radius 2 is 1.94 bits per heavy atom. The van der Waals surface area contributed by atoms with Gasteiger partial charge in [-0.15, -0.1) is 0 Å². The zero-order valence-electron chi connectivity index (χ0n) is 18.2. The van der Waals surface area contributed by atoms with Crippen LogP contribution in [0, 0.1) is 0 Å². The molecule has 6 heteroatoms. The van der Waals surface area contributed by atoms with Gasteiger partial charge in [-0.05, 0) is 49.6 Å². The number of benzene rings is 2. The van der Waals surface area contributed by atoms with Crippen LogP contribution in [0.25, 0.3) is 0 Å². The van der Waals surface area contributed by atoms with Gasteiger partial charge in [0, 0.05) is 23.8 Å². The van der Waals surface area contributed by atoms with Crippen molar-refractivity contribution in [1.82, 2.24) is 4.90 Å². The number of carbonyl (C=O) groups excluding carboxylic acids is 2. The molecule has 1 atom stereocenters. The van der Waals surface area contributed by atoms with Gasteiger partial charge < -0.3 is 19.7 Å². The zero-order chi connectivity index (χ0) is 21.8. The van der Waals surface area contributed by atoms with Crippen molar-refractivity contribution in [2.75, 3.05) is 12.4 Å². The van der Waals surface area contributed by atoms with E-state index >= 15 is 0 Å². The Morgan fingerprint density at radius 3 is 2.68 bits per heavy atom. The standard InChI is InChI=1S/C25H30N2O4/c1-3-21-25(29)27(19-9-5-4-6-10-19)16-17-15-18(13-14-22(17)31-21)26-24(28)20-11-7-8-12-23(20)30-2/h7-8,11-15,19,21H,3-6,9-10,16H2,1-2H3,(H,26,28)/t21-/m1/s1. The van der Waals surface area contributed by atoms with Gasteiger partial charge in [-0.1, -0.05) is 38.3 Å². The molecule has 1 aliphatic carbocycles. The fraction of sp³-hybridized carbons (Fsp3) is 0.440. The van der Waals surface area contributed by atoms with E-state index in [1.54, 1.807) is 25.3 Å². The second-order valence-corrected chi connectivity index (χ2v) is 8.25. The topological polar surface area (TPSA) is 67.9 Å². The quantitative estimate of drug-likeness (QED) is 0.753. The van der Waals surface area contributed by atoms with Crippen molar-refractivity contribution in [3.63, 3.8) is 0 Å². The van der Waals surface area contributed by atoms with E-state index < -0.39 is 6.10 Å². The highest BCUT2D eigenvalue weighted by atomic mass is 16.5. The third kappa shape index (κ3) is 4.53. The third-order valence-corrected chi connectivity index (χ3v) is 6.22. The first-order chi connectivity index (χ1) is 15.1. The fourth-order valence-electron chi connectivity index (χ4n) is 4.54. The minimum atomic E-state index is -0.461. The molecule has 0 radical (unpaired) electrons. The summed E-state index contributed by atoms with van der Waals surface area (Å²) in [7, 11) is 1.55. The first kappa shape index (κ1) is 21.2. The number of hydrogen-bond donors (Lipinski definition) is 1. The van der Waals surface area contributed by atoms with Crippen molar-refractivity contribution in [3.8, 4) is 11.5 Å². The lowest BCUT2D eigenvalue weighted by Crippen LogP contribution is -2.45. The number of methoxy groups -OCH3 is 1. The molecule has 1 aliphatic heterocycles. The third-order valence-electron chi connectivity index (χ3n) is 6.22. The molecule has 1 fully saturated rings. The van der Waals surface area contributed by atoms with Crippen LogP contribution in [-0.2, 0) is 11.3 Å². The van der Waals surface area contributed by atoms with Gasteiger partial charge in [-0.25, -0.2) is 0 Å². The number of para-hydroxylation sites is 1. The van der Waals surface area contributed by atoms with Crippen LogP contribution in [0.4, 0.5) is 5.69 Å². The number of fused-ring (bicyclic) bond motifs is 1. The normalized spacial score (nSPS) is 19.2. The zero-order valence-corrected chi connectivity index (χ0v) is 18.2. The highest BCUT2D eigenvalue weighted by Gasteiger charge is 2.34. The molecular formula is C25H30N2O4. The lowest BCUT2D eigenvalue weighted by atomic mass is 9.93.